The molecule has 2 N–H and O–H groups in total. The number of nitrogens with zero attached hydrogens (tertiary/aromatic N) is 1. The van der Waals surface area contributed by atoms with Crippen molar-refractivity contribution in [2.24, 2.45) is 0 Å². The Labute approximate surface area is 99.0 Å². The van der Waals surface area contributed by atoms with Gasteiger partial charge in [-0.3, -0.25) is 4.79 Å². The van der Waals surface area contributed by atoms with Crippen LogP contribution in [0.4, 0.5) is 11.4 Å². The molecule has 5 nitrogen and oxygen atoms in total. The van der Waals surface area contributed by atoms with Crippen molar-refractivity contribution in [3.8, 4) is 0 Å². The lowest BCUT2D eigenvalue weighted by Crippen LogP contribution is -2.46. The first kappa shape index (κ1) is 11.4. The van der Waals surface area contributed by atoms with E-state index in [1.807, 2.05) is 11.8 Å². The molecule has 0 spiro atoms. The van der Waals surface area contributed by atoms with Crippen molar-refractivity contribution in [1.82, 2.24) is 0 Å². The molecule has 0 aromatic heterocycles. The number of carbonyl (C=O) groups is 2. The van der Waals surface area contributed by atoms with Crippen molar-refractivity contribution in [2.45, 2.75) is 19.9 Å². The Morgan fingerprint density at radius 2 is 2.24 bits per heavy atom. The SMILES string of the molecule is CCN1c2cc(C(=O)O)ccc2NC(=O)C1C. The maximum Gasteiger partial charge on any atom is 0.335 e. The second-order valence-corrected chi connectivity index (χ2v) is 3.99. The standard InChI is InChI=1S/C12H14N2O3/c1-3-14-7(2)11(15)13-9-5-4-8(12(16)17)6-10(9)14/h4-7H,3H2,1-2H3,(H,13,15)(H,16,17). The Kier molecular flexibility index (Phi) is 2.75. The highest BCUT2D eigenvalue weighted by Gasteiger charge is 2.28. The summed E-state index contributed by atoms with van der Waals surface area (Å²) in [7, 11) is 0. The van der Waals surface area contributed by atoms with Gasteiger partial charge in [0, 0.05) is 6.54 Å². The van der Waals surface area contributed by atoms with Gasteiger partial charge in [-0.2, -0.15) is 0 Å². The van der Waals surface area contributed by atoms with Crippen molar-refractivity contribution >= 4 is 23.3 Å². The third-order valence-corrected chi connectivity index (χ3v) is 3.00. The summed E-state index contributed by atoms with van der Waals surface area (Å²) in [4.78, 5) is 24.5. The minimum atomic E-state index is -0.964. The van der Waals surface area contributed by atoms with Crippen LogP contribution >= 0.6 is 0 Å². The van der Waals surface area contributed by atoms with Crippen LogP contribution < -0.4 is 10.2 Å². The maximum atomic E-state index is 11.7. The number of hydrogen-bond acceptors (Lipinski definition) is 3. The Morgan fingerprint density at radius 1 is 1.53 bits per heavy atom. The van der Waals surface area contributed by atoms with Gasteiger partial charge in [-0.1, -0.05) is 0 Å². The van der Waals surface area contributed by atoms with Crippen LogP contribution in [0.15, 0.2) is 18.2 Å². The summed E-state index contributed by atoms with van der Waals surface area (Å²) in [5.41, 5.74) is 1.66. The molecule has 0 saturated heterocycles. The predicted molar refractivity (Wildman–Crippen MR) is 64.5 cm³/mol. The van der Waals surface area contributed by atoms with E-state index in [0.29, 0.717) is 12.2 Å². The molecule has 90 valence electrons. The summed E-state index contributed by atoms with van der Waals surface area (Å²) in [6, 6.07) is 4.43. The molecule has 1 atom stereocenters. The minimum absolute atomic E-state index is 0.0672. The van der Waals surface area contributed by atoms with Gasteiger partial charge in [0.2, 0.25) is 5.91 Å². The molecule has 0 radical (unpaired) electrons. The molecule has 17 heavy (non-hydrogen) atoms. The summed E-state index contributed by atoms with van der Waals surface area (Å²) in [6.45, 7) is 4.40. The summed E-state index contributed by atoms with van der Waals surface area (Å²) < 4.78 is 0. The maximum absolute atomic E-state index is 11.7. The average molecular weight is 234 g/mol. The van der Waals surface area contributed by atoms with E-state index >= 15 is 0 Å². The molecule has 1 aromatic carbocycles. The first-order valence-corrected chi connectivity index (χ1v) is 5.49. The molecule has 1 aromatic rings. The van der Waals surface area contributed by atoms with E-state index in [-0.39, 0.29) is 17.5 Å². The molecule has 1 aliphatic rings. The number of carboxylic acid groups (broad SMARTS) is 1. The number of fused-ring (bicyclic) bond motifs is 1. The fourth-order valence-electron chi connectivity index (χ4n) is 2.04. The zero-order chi connectivity index (χ0) is 12.6. The minimum Gasteiger partial charge on any atom is -0.478 e. The van der Waals surface area contributed by atoms with Crippen LogP contribution in [-0.2, 0) is 4.79 Å². The van der Waals surface area contributed by atoms with Gasteiger partial charge in [0.15, 0.2) is 0 Å². The fourth-order valence-corrected chi connectivity index (χ4v) is 2.04. The van der Waals surface area contributed by atoms with E-state index in [1.54, 1.807) is 19.1 Å². The van der Waals surface area contributed by atoms with E-state index < -0.39 is 5.97 Å². The zero-order valence-electron chi connectivity index (χ0n) is 9.73. The van der Waals surface area contributed by atoms with Crippen LogP contribution in [0.1, 0.15) is 24.2 Å². The lowest BCUT2D eigenvalue weighted by molar-refractivity contribution is -0.117. The van der Waals surface area contributed by atoms with E-state index in [4.69, 9.17) is 5.11 Å². The molecule has 5 heteroatoms. The molecule has 0 bridgehead atoms. The van der Waals surface area contributed by atoms with Crippen LogP contribution in [0, 0.1) is 0 Å². The third kappa shape index (κ3) is 1.84. The van der Waals surface area contributed by atoms with E-state index in [9.17, 15) is 9.59 Å². The Bertz CT molecular complexity index is 485. The predicted octanol–water partition coefficient (Wildman–Crippen LogP) is 1.55. The number of amides is 1. The highest BCUT2D eigenvalue weighted by molar-refractivity contribution is 6.04. The van der Waals surface area contributed by atoms with Crippen LogP contribution in [0.3, 0.4) is 0 Å². The highest BCUT2D eigenvalue weighted by Crippen LogP contribution is 2.32. The van der Waals surface area contributed by atoms with Crippen LogP contribution in [-0.4, -0.2) is 29.6 Å². The molecule has 0 aliphatic carbocycles. The van der Waals surface area contributed by atoms with Crippen molar-refractivity contribution < 1.29 is 14.7 Å². The number of nitrogens with one attached hydrogen (secondary N) is 1. The molecule has 0 fully saturated rings. The van der Waals surface area contributed by atoms with Crippen molar-refractivity contribution in [1.29, 1.82) is 0 Å². The fraction of sp³-hybridized carbons (Fsp3) is 0.333. The lowest BCUT2D eigenvalue weighted by Gasteiger charge is -2.35. The van der Waals surface area contributed by atoms with Crippen molar-refractivity contribution in [2.75, 3.05) is 16.8 Å². The first-order chi connectivity index (χ1) is 8.04. The quantitative estimate of drug-likeness (QED) is 0.814. The van der Waals surface area contributed by atoms with Gasteiger partial charge < -0.3 is 15.3 Å². The summed E-state index contributed by atoms with van der Waals surface area (Å²) in [6.07, 6.45) is 0. The van der Waals surface area contributed by atoms with Crippen LogP contribution in [0.5, 0.6) is 0 Å². The number of carboxylic acids is 1. The monoisotopic (exact) mass is 234 g/mol. The smallest absolute Gasteiger partial charge is 0.335 e. The third-order valence-electron chi connectivity index (χ3n) is 3.00. The van der Waals surface area contributed by atoms with Crippen LogP contribution in [0.25, 0.3) is 0 Å². The van der Waals surface area contributed by atoms with Gasteiger partial charge in [0.05, 0.1) is 16.9 Å². The van der Waals surface area contributed by atoms with Gasteiger partial charge in [0.25, 0.3) is 0 Å². The summed E-state index contributed by atoms with van der Waals surface area (Å²) >= 11 is 0. The molecule has 2 rings (SSSR count). The van der Waals surface area contributed by atoms with Crippen LogP contribution in [0.2, 0.25) is 0 Å². The zero-order valence-corrected chi connectivity index (χ0v) is 9.73. The van der Waals surface area contributed by atoms with Crippen molar-refractivity contribution in [3.05, 3.63) is 23.8 Å². The molecule has 1 unspecified atom stereocenters. The number of aromatic carboxylic acids is 1. The average Bonchev–Trinajstić information content (AvgIpc) is 2.30. The highest BCUT2D eigenvalue weighted by atomic mass is 16.4. The normalized spacial score (nSPS) is 18.6. The number of carbonyl (C=O) groups excluding carboxylic acids is 1. The van der Waals surface area contributed by atoms with E-state index in [1.165, 1.54) is 6.07 Å². The number of benzene rings is 1. The molecule has 0 saturated carbocycles. The van der Waals surface area contributed by atoms with Gasteiger partial charge >= 0.3 is 5.97 Å². The second-order valence-electron chi connectivity index (χ2n) is 3.99. The lowest BCUT2D eigenvalue weighted by atomic mass is 10.1. The summed E-state index contributed by atoms with van der Waals surface area (Å²) in [5, 5.41) is 11.7. The molecule has 1 aliphatic heterocycles. The van der Waals surface area contributed by atoms with Crippen molar-refractivity contribution in [3.63, 3.8) is 0 Å². The van der Waals surface area contributed by atoms with E-state index in [2.05, 4.69) is 5.32 Å². The number of rotatable bonds is 2. The topological polar surface area (TPSA) is 69.6 Å². The largest absolute Gasteiger partial charge is 0.478 e. The van der Waals surface area contributed by atoms with E-state index in [0.717, 1.165) is 5.69 Å². The van der Waals surface area contributed by atoms with Gasteiger partial charge in [-0.15, -0.1) is 0 Å². The van der Waals surface area contributed by atoms with Gasteiger partial charge in [-0.25, -0.2) is 4.79 Å². The Morgan fingerprint density at radius 3 is 2.82 bits per heavy atom. The molecular weight excluding hydrogens is 220 g/mol. The molecule has 1 heterocycles. The van der Waals surface area contributed by atoms with Gasteiger partial charge in [-0.05, 0) is 32.0 Å². The Balaban J connectivity index is 2.52. The van der Waals surface area contributed by atoms with Gasteiger partial charge in [0.1, 0.15) is 6.04 Å². The second kappa shape index (κ2) is 4.08. The molecule has 1 amide bonds. The first-order valence-electron chi connectivity index (χ1n) is 5.49. The number of hydrogen-bond donors (Lipinski definition) is 2. The summed E-state index contributed by atoms with van der Waals surface area (Å²) in [5.74, 6) is -1.03. The number of anilines is 2. The number of likely N-dealkylation sites (N-methyl/N-ethyl adjacent to an activating group) is 1. The Hall–Kier alpha value is -2.04. The molecular formula is C12H14N2O3.